The number of morpholine rings is 1. The largest absolute Gasteiger partial charge is 0.497 e. The molecule has 196 valence electrons. The summed E-state index contributed by atoms with van der Waals surface area (Å²) in [5.74, 6) is -1.85. The van der Waals surface area contributed by atoms with E-state index in [-0.39, 0.29) is 5.91 Å². The molecule has 5 rings (SSSR count). The first kappa shape index (κ1) is 25.2. The summed E-state index contributed by atoms with van der Waals surface area (Å²) in [6.45, 7) is 2.19. The highest BCUT2D eigenvalue weighted by atomic mass is 16.5. The molecule has 0 unspecified atom stereocenters. The number of hydrazine groups is 1. The van der Waals surface area contributed by atoms with Crippen LogP contribution in [0.15, 0.2) is 54.6 Å². The standard InChI is InChI=1S/C27H31N3O7/c1-34-19-11-9-18(10-12-19)21-20(26(32)35-2)23(27(33)36-3)30-25(31)24(28-13-15-37-16-14-28)22(29(21)30)17-7-5-4-6-8-17/h4-12,20-24H,13-16H2,1-3H3/t20-,21+,22-,23+,24-/m0/s1. The number of carbonyl (C=O) groups excluding carboxylic acids is 3. The molecule has 3 fully saturated rings. The molecule has 0 spiro atoms. The minimum absolute atomic E-state index is 0.254. The van der Waals surface area contributed by atoms with Crippen molar-refractivity contribution in [1.29, 1.82) is 0 Å². The second-order valence-electron chi connectivity index (χ2n) is 9.25. The first-order valence-electron chi connectivity index (χ1n) is 12.3. The number of hydrogen-bond donors (Lipinski definition) is 0. The molecule has 0 saturated carbocycles. The lowest BCUT2D eigenvalue weighted by atomic mass is 9.85. The van der Waals surface area contributed by atoms with Gasteiger partial charge in [-0.2, -0.15) is 5.01 Å². The second kappa shape index (κ2) is 10.5. The third kappa shape index (κ3) is 4.24. The summed E-state index contributed by atoms with van der Waals surface area (Å²) < 4.78 is 21.2. The van der Waals surface area contributed by atoms with Crippen LogP contribution >= 0.6 is 0 Å². The SMILES string of the molecule is COC(=O)[C@H]1[C@@H](c2ccc(OC)cc2)N2[C@@H](c3ccccc3)[C@H](N3CCOCC3)C(=O)N2[C@H]1C(=O)OC. The van der Waals surface area contributed by atoms with Gasteiger partial charge in [0.15, 0.2) is 6.04 Å². The maximum atomic E-state index is 14.3. The van der Waals surface area contributed by atoms with Crippen LogP contribution in [0, 0.1) is 5.92 Å². The molecule has 0 aromatic heterocycles. The van der Waals surface area contributed by atoms with E-state index in [9.17, 15) is 14.4 Å². The van der Waals surface area contributed by atoms with Crippen LogP contribution in [0.2, 0.25) is 0 Å². The molecule has 2 aromatic carbocycles. The Kier molecular flexibility index (Phi) is 7.14. The zero-order valence-corrected chi connectivity index (χ0v) is 21.1. The lowest BCUT2D eigenvalue weighted by Crippen LogP contribution is -2.52. The molecule has 3 aliphatic heterocycles. The molecule has 37 heavy (non-hydrogen) atoms. The molecule has 3 heterocycles. The van der Waals surface area contributed by atoms with Crippen LogP contribution < -0.4 is 4.74 Å². The second-order valence-corrected chi connectivity index (χ2v) is 9.25. The lowest BCUT2D eigenvalue weighted by molar-refractivity contribution is -0.161. The van der Waals surface area contributed by atoms with Gasteiger partial charge < -0.3 is 18.9 Å². The van der Waals surface area contributed by atoms with E-state index in [0.29, 0.717) is 32.1 Å². The van der Waals surface area contributed by atoms with Crippen LogP contribution in [0.4, 0.5) is 0 Å². The Morgan fingerprint density at radius 1 is 0.811 bits per heavy atom. The van der Waals surface area contributed by atoms with E-state index in [0.717, 1.165) is 11.1 Å². The van der Waals surface area contributed by atoms with Crippen molar-refractivity contribution in [2.24, 2.45) is 5.92 Å². The highest BCUT2D eigenvalue weighted by molar-refractivity contribution is 5.94. The molecule has 3 aliphatic rings. The number of methoxy groups -OCH3 is 3. The third-order valence-corrected chi connectivity index (χ3v) is 7.49. The van der Waals surface area contributed by atoms with Crippen molar-refractivity contribution >= 4 is 17.8 Å². The minimum Gasteiger partial charge on any atom is -0.497 e. The zero-order chi connectivity index (χ0) is 26.1. The number of nitrogens with zero attached hydrogens (tertiary/aromatic N) is 3. The van der Waals surface area contributed by atoms with E-state index in [1.165, 1.54) is 19.2 Å². The maximum absolute atomic E-state index is 14.3. The van der Waals surface area contributed by atoms with Gasteiger partial charge in [-0.15, -0.1) is 0 Å². The molecule has 0 aliphatic carbocycles. The van der Waals surface area contributed by atoms with E-state index in [2.05, 4.69) is 4.90 Å². The summed E-state index contributed by atoms with van der Waals surface area (Å²) in [7, 11) is 4.12. The van der Waals surface area contributed by atoms with Gasteiger partial charge in [0.25, 0.3) is 5.91 Å². The minimum atomic E-state index is -1.17. The molecule has 0 N–H and O–H groups in total. The monoisotopic (exact) mass is 509 g/mol. The molecule has 3 saturated heterocycles. The molecule has 0 bridgehead atoms. The fourth-order valence-electron chi connectivity index (χ4n) is 5.86. The maximum Gasteiger partial charge on any atom is 0.331 e. The summed E-state index contributed by atoms with van der Waals surface area (Å²) in [6.07, 6.45) is 0. The summed E-state index contributed by atoms with van der Waals surface area (Å²) in [4.78, 5) is 42.9. The molecular formula is C27H31N3O7. The van der Waals surface area contributed by atoms with Crippen molar-refractivity contribution < 1.29 is 33.3 Å². The number of esters is 2. The van der Waals surface area contributed by atoms with Gasteiger partial charge in [0, 0.05) is 13.1 Å². The van der Waals surface area contributed by atoms with E-state index < -0.39 is 42.0 Å². The van der Waals surface area contributed by atoms with Crippen LogP contribution in [0.1, 0.15) is 23.2 Å². The number of fused-ring (bicyclic) bond motifs is 1. The quantitative estimate of drug-likeness (QED) is 0.538. The molecule has 10 heteroatoms. The van der Waals surface area contributed by atoms with Gasteiger partial charge in [-0.3, -0.25) is 19.5 Å². The van der Waals surface area contributed by atoms with Crippen LogP contribution in [0.3, 0.4) is 0 Å². The first-order chi connectivity index (χ1) is 18.0. The number of amides is 1. The van der Waals surface area contributed by atoms with Crippen LogP contribution in [-0.2, 0) is 28.6 Å². The third-order valence-electron chi connectivity index (χ3n) is 7.49. The van der Waals surface area contributed by atoms with Crippen molar-refractivity contribution in [3.05, 3.63) is 65.7 Å². The Hall–Kier alpha value is -3.47. The van der Waals surface area contributed by atoms with Gasteiger partial charge in [-0.25, -0.2) is 4.79 Å². The molecule has 5 atom stereocenters. The van der Waals surface area contributed by atoms with E-state index in [1.807, 2.05) is 47.5 Å². The van der Waals surface area contributed by atoms with Gasteiger partial charge >= 0.3 is 11.9 Å². The average Bonchev–Trinajstić information content (AvgIpc) is 3.45. The van der Waals surface area contributed by atoms with E-state index >= 15 is 0 Å². The van der Waals surface area contributed by atoms with Crippen molar-refractivity contribution in [3.63, 3.8) is 0 Å². The smallest absolute Gasteiger partial charge is 0.331 e. The van der Waals surface area contributed by atoms with Gasteiger partial charge in [-0.05, 0) is 23.3 Å². The predicted molar refractivity (Wildman–Crippen MR) is 131 cm³/mol. The summed E-state index contributed by atoms with van der Waals surface area (Å²) >= 11 is 0. The summed E-state index contributed by atoms with van der Waals surface area (Å²) in [5, 5.41) is 3.34. The Morgan fingerprint density at radius 3 is 2.03 bits per heavy atom. The molecule has 2 aromatic rings. The van der Waals surface area contributed by atoms with Crippen LogP contribution in [0.25, 0.3) is 0 Å². The van der Waals surface area contributed by atoms with Gasteiger partial charge in [-0.1, -0.05) is 42.5 Å². The zero-order valence-electron chi connectivity index (χ0n) is 21.1. The van der Waals surface area contributed by atoms with Crippen molar-refractivity contribution in [2.45, 2.75) is 24.2 Å². The average molecular weight is 510 g/mol. The van der Waals surface area contributed by atoms with Crippen LogP contribution in [0.5, 0.6) is 5.75 Å². The normalized spacial score (nSPS) is 28.1. The molecule has 1 amide bonds. The first-order valence-corrected chi connectivity index (χ1v) is 12.3. The molecular weight excluding hydrogens is 478 g/mol. The number of carbonyl (C=O) groups is 3. The number of hydrogen-bond acceptors (Lipinski definition) is 9. The number of ether oxygens (including phenoxy) is 4. The van der Waals surface area contributed by atoms with Gasteiger partial charge in [0.05, 0.1) is 46.6 Å². The molecule has 10 nitrogen and oxygen atoms in total. The number of benzene rings is 2. The Balaban J connectivity index is 1.71. The number of rotatable bonds is 6. The lowest BCUT2D eigenvalue weighted by Gasteiger charge is -2.37. The summed E-state index contributed by atoms with van der Waals surface area (Å²) in [6, 6.07) is 14.1. The predicted octanol–water partition coefficient (Wildman–Crippen LogP) is 1.58. The van der Waals surface area contributed by atoms with Crippen molar-refractivity contribution in [2.75, 3.05) is 47.6 Å². The van der Waals surface area contributed by atoms with Gasteiger partial charge in [0.2, 0.25) is 0 Å². The van der Waals surface area contributed by atoms with E-state index in [4.69, 9.17) is 18.9 Å². The van der Waals surface area contributed by atoms with Crippen molar-refractivity contribution in [1.82, 2.24) is 14.9 Å². The fourth-order valence-corrected chi connectivity index (χ4v) is 5.86. The Bertz CT molecular complexity index is 1140. The highest BCUT2D eigenvalue weighted by Crippen LogP contribution is 2.53. The Labute approximate surface area is 215 Å². The molecule has 0 radical (unpaired) electrons. The fraction of sp³-hybridized carbons (Fsp3) is 0.444. The van der Waals surface area contributed by atoms with E-state index in [1.54, 1.807) is 19.2 Å². The van der Waals surface area contributed by atoms with Gasteiger partial charge in [0.1, 0.15) is 17.7 Å². The van der Waals surface area contributed by atoms with Crippen molar-refractivity contribution in [3.8, 4) is 5.75 Å². The van der Waals surface area contributed by atoms with Crippen LogP contribution in [-0.4, -0.2) is 92.5 Å². The highest BCUT2D eigenvalue weighted by Gasteiger charge is 2.66. The summed E-state index contributed by atoms with van der Waals surface area (Å²) in [5.41, 5.74) is 1.66. The Morgan fingerprint density at radius 2 is 1.43 bits per heavy atom. The topological polar surface area (TPSA) is 97.9 Å².